The van der Waals surface area contributed by atoms with Crippen LogP contribution >= 0.6 is 12.2 Å². The molecule has 0 spiro atoms. The number of benzene rings is 1. The molecule has 0 saturated carbocycles. The van der Waals surface area contributed by atoms with E-state index in [1.54, 1.807) is 0 Å². The Labute approximate surface area is 126 Å². The van der Waals surface area contributed by atoms with Gasteiger partial charge in [-0.25, -0.2) is 0 Å². The predicted molar refractivity (Wildman–Crippen MR) is 86.5 cm³/mol. The summed E-state index contributed by atoms with van der Waals surface area (Å²) in [5.74, 6) is 3.94. The molecule has 20 heavy (non-hydrogen) atoms. The second-order valence-corrected chi connectivity index (χ2v) is 4.81. The van der Waals surface area contributed by atoms with Gasteiger partial charge in [-0.3, -0.25) is 0 Å². The van der Waals surface area contributed by atoms with Crippen LogP contribution in [0.3, 0.4) is 0 Å². The first-order valence-electron chi connectivity index (χ1n) is 6.69. The monoisotopic (exact) mass is 291 g/mol. The van der Waals surface area contributed by atoms with Crippen molar-refractivity contribution in [3.05, 3.63) is 23.8 Å². The Bertz CT molecular complexity index is 494. The fourth-order valence-electron chi connectivity index (χ4n) is 1.68. The summed E-state index contributed by atoms with van der Waals surface area (Å²) in [6, 6.07) is 5.90. The van der Waals surface area contributed by atoms with Gasteiger partial charge in [0.15, 0.2) is 17.6 Å². The Morgan fingerprint density at radius 1 is 1.45 bits per heavy atom. The maximum absolute atomic E-state index is 5.65. The van der Waals surface area contributed by atoms with Gasteiger partial charge in [-0.15, -0.1) is 6.42 Å². The molecule has 1 atom stereocenters. The number of ether oxygens (including phenoxy) is 2. The predicted octanol–water partition coefficient (Wildman–Crippen LogP) is 2.97. The lowest BCUT2D eigenvalue weighted by Crippen LogP contribution is -2.15. The lowest BCUT2D eigenvalue weighted by Gasteiger charge is -2.15. The van der Waals surface area contributed by atoms with Crippen molar-refractivity contribution in [2.24, 2.45) is 0 Å². The zero-order chi connectivity index (χ0) is 15.0. The van der Waals surface area contributed by atoms with E-state index in [1.165, 1.54) is 0 Å². The third-order valence-electron chi connectivity index (χ3n) is 2.77. The van der Waals surface area contributed by atoms with Gasteiger partial charge in [0.1, 0.15) is 0 Å². The van der Waals surface area contributed by atoms with Crippen molar-refractivity contribution >= 4 is 17.2 Å². The average molecular weight is 291 g/mol. The van der Waals surface area contributed by atoms with Gasteiger partial charge >= 0.3 is 0 Å². The molecule has 0 radical (unpaired) electrons. The van der Waals surface area contributed by atoms with Crippen LogP contribution in [0.25, 0.3) is 0 Å². The number of hydrogen-bond donors (Lipinski definition) is 1. The van der Waals surface area contributed by atoms with Gasteiger partial charge in [0.25, 0.3) is 0 Å². The molecule has 0 bridgehead atoms. The first-order chi connectivity index (χ1) is 9.60. The van der Waals surface area contributed by atoms with Crippen LogP contribution in [0.4, 0.5) is 0 Å². The third kappa shape index (κ3) is 5.10. The number of terminal acetylenes is 1. The molecule has 0 aliphatic heterocycles. The first kappa shape index (κ1) is 16.3. The Hall–Kier alpha value is -1.73. The normalized spacial score (nSPS) is 11.3. The number of aryl methyl sites for hydroxylation is 1. The van der Waals surface area contributed by atoms with Gasteiger partial charge in [0.05, 0.1) is 11.6 Å². The number of rotatable bonds is 7. The van der Waals surface area contributed by atoms with Crippen LogP contribution < -0.4 is 14.8 Å². The average Bonchev–Trinajstić information content (AvgIpc) is 2.47. The summed E-state index contributed by atoms with van der Waals surface area (Å²) in [7, 11) is 1.84. The molecule has 0 aliphatic rings. The Balaban J connectivity index is 2.83. The quantitative estimate of drug-likeness (QED) is 0.618. The van der Waals surface area contributed by atoms with Crippen molar-refractivity contribution in [1.29, 1.82) is 0 Å². The van der Waals surface area contributed by atoms with Crippen LogP contribution in [0.2, 0.25) is 0 Å². The van der Waals surface area contributed by atoms with Crippen molar-refractivity contribution in [2.75, 3.05) is 13.7 Å². The molecule has 1 N–H and O–H groups in total. The molecule has 4 heteroatoms. The summed E-state index contributed by atoms with van der Waals surface area (Å²) in [5.41, 5.74) is 1.16. The fraction of sp³-hybridized carbons (Fsp3) is 0.438. The first-order valence-corrected chi connectivity index (χ1v) is 7.10. The second kappa shape index (κ2) is 8.44. The molecule has 108 valence electrons. The molecule has 0 aliphatic carbocycles. The van der Waals surface area contributed by atoms with Crippen molar-refractivity contribution in [2.45, 2.75) is 32.8 Å². The summed E-state index contributed by atoms with van der Waals surface area (Å²) in [6.07, 6.45) is 6.74. The Morgan fingerprint density at radius 2 is 2.20 bits per heavy atom. The zero-order valence-electron chi connectivity index (χ0n) is 12.2. The van der Waals surface area contributed by atoms with Crippen LogP contribution in [0.5, 0.6) is 11.5 Å². The summed E-state index contributed by atoms with van der Waals surface area (Å²) in [6.45, 7) is 4.35. The van der Waals surface area contributed by atoms with Crippen molar-refractivity contribution in [1.82, 2.24) is 5.32 Å². The second-order valence-electron chi connectivity index (χ2n) is 4.31. The fourth-order valence-corrected chi connectivity index (χ4v) is 1.78. The third-order valence-corrected chi connectivity index (χ3v) is 3.17. The SMILES string of the molecule is C#CC(C)Oc1ccc(CCC(=S)NC)cc1OCC. The van der Waals surface area contributed by atoms with E-state index >= 15 is 0 Å². The maximum Gasteiger partial charge on any atom is 0.163 e. The summed E-state index contributed by atoms with van der Waals surface area (Å²) >= 11 is 5.15. The van der Waals surface area contributed by atoms with Gasteiger partial charge in [0.2, 0.25) is 0 Å². The molecular weight excluding hydrogens is 270 g/mol. The van der Waals surface area contributed by atoms with Gasteiger partial charge in [-0.05, 0) is 38.0 Å². The van der Waals surface area contributed by atoms with Crippen molar-refractivity contribution in [3.63, 3.8) is 0 Å². The van der Waals surface area contributed by atoms with Crippen LogP contribution in [-0.4, -0.2) is 24.7 Å². The van der Waals surface area contributed by atoms with Crippen molar-refractivity contribution in [3.8, 4) is 23.8 Å². The minimum atomic E-state index is -0.281. The molecule has 1 unspecified atom stereocenters. The molecule has 1 rings (SSSR count). The van der Waals surface area contributed by atoms with Crippen LogP contribution in [-0.2, 0) is 6.42 Å². The highest BCUT2D eigenvalue weighted by Crippen LogP contribution is 2.29. The molecule has 1 aromatic rings. The highest BCUT2D eigenvalue weighted by molar-refractivity contribution is 7.80. The highest BCUT2D eigenvalue weighted by atomic mass is 32.1. The molecule has 1 aromatic carbocycles. The molecule has 0 fully saturated rings. The van der Waals surface area contributed by atoms with Crippen molar-refractivity contribution < 1.29 is 9.47 Å². The van der Waals surface area contributed by atoms with E-state index in [0.29, 0.717) is 12.4 Å². The van der Waals surface area contributed by atoms with Gasteiger partial charge < -0.3 is 14.8 Å². The topological polar surface area (TPSA) is 30.5 Å². The molecule has 3 nitrogen and oxygen atoms in total. The van der Waals surface area contributed by atoms with Crippen LogP contribution in [0.1, 0.15) is 25.8 Å². The standard InChI is InChI=1S/C16H21NO2S/c1-5-12(3)19-14-9-7-13(8-10-16(20)17-4)11-15(14)18-6-2/h1,7,9,11-12H,6,8,10H2,2-4H3,(H,17,20). The summed E-state index contributed by atoms with van der Waals surface area (Å²) < 4.78 is 11.3. The van der Waals surface area contributed by atoms with E-state index in [2.05, 4.69) is 11.2 Å². The largest absolute Gasteiger partial charge is 0.490 e. The van der Waals surface area contributed by atoms with E-state index in [1.807, 2.05) is 39.1 Å². The maximum atomic E-state index is 5.65. The lowest BCUT2D eigenvalue weighted by molar-refractivity contribution is 0.251. The van der Waals surface area contributed by atoms with E-state index in [0.717, 1.165) is 29.1 Å². The van der Waals surface area contributed by atoms with E-state index in [9.17, 15) is 0 Å². The highest BCUT2D eigenvalue weighted by Gasteiger charge is 2.09. The lowest BCUT2D eigenvalue weighted by atomic mass is 10.1. The molecule has 0 saturated heterocycles. The van der Waals surface area contributed by atoms with Gasteiger partial charge in [-0.2, -0.15) is 0 Å². The van der Waals surface area contributed by atoms with Crippen LogP contribution in [0, 0.1) is 12.3 Å². The van der Waals surface area contributed by atoms with Gasteiger partial charge in [-0.1, -0.05) is 24.2 Å². The molecule has 0 aromatic heterocycles. The number of hydrogen-bond acceptors (Lipinski definition) is 3. The number of nitrogens with one attached hydrogen (secondary N) is 1. The molecule has 0 heterocycles. The van der Waals surface area contributed by atoms with Gasteiger partial charge in [0, 0.05) is 13.5 Å². The minimum absolute atomic E-state index is 0.281. The van der Waals surface area contributed by atoms with E-state index in [-0.39, 0.29) is 6.10 Å². The zero-order valence-corrected chi connectivity index (χ0v) is 13.0. The number of thiocarbonyl (C=S) groups is 1. The summed E-state index contributed by atoms with van der Waals surface area (Å²) in [5, 5.41) is 2.97. The minimum Gasteiger partial charge on any atom is -0.490 e. The van der Waals surface area contributed by atoms with E-state index < -0.39 is 0 Å². The van der Waals surface area contributed by atoms with Crippen LogP contribution in [0.15, 0.2) is 18.2 Å². The molecule has 0 amide bonds. The smallest absolute Gasteiger partial charge is 0.163 e. The molecular formula is C16H21NO2S. The summed E-state index contributed by atoms with van der Waals surface area (Å²) in [4.78, 5) is 0.851. The van der Waals surface area contributed by atoms with E-state index in [4.69, 9.17) is 28.1 Å². The Kier molecular flexibility index (Phi) is 6.89. The Morgan fingerprint density at radius 3 is 2.80 bits per heavy atom.